The van der Waals surface area contributed by atoms with Crippen molar-refractivity contribution in [3.8, 4) is 11.8 Å². The molecule has 0 saturated carbocycles. The number of thioether (sulfide) groups is 1. The summed E-state index contributed by atoms with van der Waals surface area (Å²) in [5, 5.41) is 10.2. The fourth-order valence-electron chi connectivity index (χ4n) is 5.03. The topological polar surface area (TPSA) is 104 Å². The third-order valence-corrected chi connectivity index (χ3v) is 8.04. The summed E-state index contributed by atoms with van der Waals surface area (Å²) in [6.07, 6.45) is 3.81. The van der Waals surface area contributed by atoms with Crippen LogP contribution in [0.25, 0.3) is 0 Å². The summed E-state index contributed by atoms with van der Waals surface area (Å²) in [7, 11) is 1.54. The second-order valence-electron chi connectivity index (χ2n) is 9.55. The lowest BCUT2D eigenvalue weighted by atomic mass is 9.95. The normalized spacial score (nSPS) is 16.5. The monoisotopic (exact) mass is 540 g/mol. The van der Waals surface area contributed by atoms with Crippen LogP contribution in [0.4, 0.5) is 5.69 Å². The highest BCUT2D eigenvalue weighted by molar-refractivity contribution is 8.00. The van der Waals surface area contributed by atoms with Gasteiger partial charge in [-0.15, -0.1) is 0 Å². The highest BCUT2D eigenvalue weighted by Gasteiger charge is 2.44. The summed E-state index contributed by atoms with van der Waals surface area (Å²) in [5.74, 6) is -0.496. The zero-order chi connectivity index (χ0) is 27.4. The van der Waals surface area contributed by atoms with E-state index in [4.69, 9.17) is 9.72 Å². The number of amides is 3. The summed E-state index contributed by atoms with van der Waals surface area (Å²) >= 11 is 1.20. The highest BCUT2D eigenvalue weighted by Crippen LogP contribution is 2.31. The van der Waals surface area contributed by atoms with E-state index in [0.717, 1.165) is 47.4 Å². The SMILES string of the molecule is COc1ccc(N2C(=O)CC(N(Cc3ccccc3)C(=O)CSc3nc4c(cc3C#N)CCCC4)C2=O)cc1. The Bertz CT molecular complexity index is 1440. The number of ether oxygens (including phenoxy) is 1. The smallest absolute Gasteiger partial charge is 0.257 e. The molecule has 1 aliphatic carbocycles. The van der Waals surface area contributed by atoms with Crippen molar-refractivity contribution in [3.05, 3.63) is 83.0 Å². The van der Waals surface area contributed by atoms with Crippen LogP contribution in [0, 0.1) is 11.3 Å². The third kappa shape index (κ3) is 5.66. The second kappa shape index (κ2) is 11.7. The number of pyridine rings is 1. The number of anilines is 1. The van der Waals surface area contributed by atoms with Gasteiger partial charge in [-0.3, -0.25) is 14.4 Å². The Balaban J connectivity index is 1.39. The summed E-state index contributed by atoms with van der Waals surface area (Å²) in [6, 6.07) is 19.2. The number of imide groups is 1. The number of benzene rings is 2. The number of methoxy groups -OCH3 is 1. The fourth-order valence-corrected chi connectivity index (χ4v) is 5.89. The van der Waals surface area contributed by atoms with E-state index in [1.807, 2.05) is 36.4 Å². The maximum absolute atomic E-state index is 13.7. The maximum atomic E-state index is 13.7. The van der Waals surface area contributed by atoms with Crippen LogP contribution in [0.1, 0.15) is 41.6 Å². The van der Waals surface area contributed by atoms with Gasteiger partial charge in [-0.05, 0) is 67.1 Å². The minimum Gasteiger partial charge on any atom is -0.497 e. The van der Waals surface area contributed by atoms with Crippen molar-refractivity contribution in [2.24, 2.45) is 0 Å². The molecule has 8 nitrogen and oxygen atoms in total. The average Bonchev–Trinajstić information content (AvgIpc) is 3.27. The van der Waals surface area contributed by atoms with Crippen LogP contribution >= 0.6 is 11.8 Å². The lowest BCUT2D eigenvalue weighted by molar-refractivity contribution is -0.136. The zero-order valence-electron chi connectivity index (χ0n) is 21.6. The van der Waals surface area contributed by atoms with Gasteiger partial charge in [0.15, 0.2) is 0 Å². The molecule has 1 fully saturated rings. The number of nitriles is 1. The molecule has 1 atom stereocenters. The Morgan fingerprint density at radius 1 is 1.13 bits per heavy atom. The number of hydrogen-bond donors (Lipinski definition) is 0. The lowest BCUT2D eigenvalue weighted by Gasteiger charge is -2.28. The van der Waals surface area contributed by atoms with Gasteiger partial charge in [0.2, 0.25) is 11.8 Å². The first-order valence-electron chi connectivity index (χ1n) is 12.9. The molecule has 0 N–H and O–H groups in total. The van der Waals surface area contributed by atoms with Crippen LogP contribution in [-0.4, -0.2) is 46.5 Å². The van der Waals surface area contributed by atoms with E-state index in [-0.39, 0.29) is 30.5 Å². The molecule has 1 unspecified atom stereocenters. The molecule has 198 valence electrons. The standard InChI is InChI=1S/C30H28N4O4S/c1-38-24-13-11-23(12-14-24)34-27(35)16-26(30(34)37)33(18-20-7-3-2-4-8-20)28(36)19-39-29-22(17-31)15-21-9-5-6-10-25(21)32-29/h2-4,7-8,11-15,26H,5-6,9-10,16,18-19H2,1H3. The lowest BCUT2D eigenvalue weighted by Crippen LogP contribution is -2.45. The summed E-state index contributed by atoms with van der Waals surface area (Å²) in [5.41, 5.74) is 3.84. The molecular formula is C30H28N4O4S. The molecule has 0 spiro atoms. The predicted molar refractivity (Wildman–Crippen MR) is 147 cm³/mol. The molecule has 5 rings (SSSR count). The van der Waals surface area contributed by atoms with Crippen LogP contribution in [0.5, 0.6) is 5.75 Å². The predicted octanol–water partition coefficient (Wildman–Crippen LogP) is 4.29. The minimum absolute atomic E-state index is 0.00614. The summed E-state index contributed by atoms with van der Waals surface area (Å²) in [4.78, 5) is 47.6. The molecule has 0 radical (unpaired) electrons. The number of fused-ring (bicyclic) bond motifs is 1. The van der Waals surface area contributed by atoms with Gasteiger partial charge in [0.05, 0.1) is 30.5 Å². The molecule has 39 heavy (non-hydrogen) atoms. The molecule has 1 saturated heterocycles. The summed E-state index contributed by atoms with van der Waals surface area (Å²) < 4.78 is 5.18. The van der Waals surface area contributed by atoms with Gasteiger partial charge in [0.25, 0.3) is 5.91 Å². The molecule has 0 bridgehead atoms. The molecule has 1 aromatic heterocycles. The van der Waals surface area contributed by atoms with Crippen molar-refractivity contribution in [1.82, 2.24) is 9.88 Å². The van der Waals surface area contributed by atoms with Crippen molar-refractivity contribution in [2.75, 3.05) is 17.8 Å². The number of nitrogens with zero attached hydrogens (tertiary/aromatic N) is 4. The van der Waals surface area contributed by atoms with Crippen molar-refractivity contribution in [1.29, 1.82) is 5.26 Å². The number of aromatic nitrogens is 1. The second-order valence-corrected chi connectivity index (χ2v) is 10.5. The molecule has 9 heteroatoms. The Morgan fingerprint density at radius 2 is 1.87 bits per heavy atom. The molecule has 3 aromatic rings. The van der Waals surface area contributed by atoms with Gasteiger partial charge in [0, 0.05) is 12.2 Å². The Morgan fingerprint density at radius 3 is 2.59 bits per heavy atom. The fraction of sp³-hybridized carbons (Fsp3) is 0.300. The first kappa shape index (κ1) is 26.4. The van der Waals surface area contributed by atoms with Crippen LogP contribution in [-0.2, 0) is 33.8 Å². The quantitative estimate of drug-likeness (QED) is 0.310. The van der Waals surface area contributed by atoms with Crippen molar-refractivity contribution in [3.63, 3.8) is 0 Å². The number of carbonyl (C=O) groups excluding carboxylic acids is 3. The van der Waals surface area contributed by atoms with E-state index in [1.54, 1.807) is 31.4 Å². The van der Waals surface area contributed by atoms with Crippen molar-refractivity contribution >= 4 is 35.2 Å². The van der Waals surface area contributed by atoms with E-state index in [9.17, 15) is 19.6 Å². The van der Waals surface area contributed by atoms with Crippen LogP contribution in [0.2, 0.25) is 0 Å². The minimum atomic E-state index is -0.931. The summed E-state index contributed by atoms with van der Waals surface area (Å²) in [6.45, 7) is 0.184. The van der Waals surface area contributed by atoms with E-state index in [2.05, 4.69) is 6.07 Å². The molecule has 1 aliphatic heterocycles. The van der Waals surface area contributed by atoms with E-state index >= 15 is 0 Å². The Kier molecular flexibility index (Phi) is 7.94. The Hall–Kier alpha value is -4.16. The van der Waals surface area contributed by atoms with Gasteiger partial charge in [0.1, 0.15) is 22.9 Å². The van der Waals surface area contributed by atoms with Gasteiger partial charge >= 0.3 is 0 Å². The van der Waals surface area contributed by atoms with Gasteiger partial charge in [-0.1, -0.05) is 42.1 Å². The van der Waals surface area contributed by atoms with Crippen molar-refractivity contribution < 1.29 is 19.1 Å². The largest absolute Gasteiger partial charge is 0.497 e. The number of aryl methyl sites for hydroxylation is 2. The van der Waals surface area contributed by atoms with Gasteiger partial charge < -0.3 is 9.64 Å². The number of hydrogen-bond acceptors (Lipinski definition) is 7. The highest BCUT2D eigenvalue weighted by atomic mass is 32.2. The number of rotatable bonds is 8. The third-order valence-electron chi connectivity index (χ3n) is 7.06. The first-order chi connectivity index (χ1) is 19.0. The Labute approximate surface area is 231 Å². The molecule has 3 amide bonds. The van der Waals surface area contributed by atoms with E-state index in [0.29, 0.717) is 22.0 Å². The zero-order valence-corrected chi connectivity index (χ0v) is 22.4. The molecular weight excluding hydrogens is 512 g/mol. The van der Waals surface area contributed by atoms with Gasteiger partial charge in [-0.25, -0.2) is 9.88 Å². The molecule has 2 aliphatic rings. The average molecular weight is 541 g/mol. The molecule has 2 heterocycles. The first-order valence-corrected chi connectivity index (χ1v) is 13.9. The van der Waals surface area contributed by atoms with E-state index in [1.165, 1.54) is 16.7 Å². The number of carbonyl (C=O) groups is 3. The van der Waals surface area contributed by atoms with Crippen LogP contribution in [0.15, 0.2) is 65.7 Å². The van der Waals surface area contributed by atoms with Gasteiger partial charge in [-0.2, -0.15) is 5.26 Å². The van der Waals surface area contributed by atoms with Crippen LogP contribution < -0.4 is 9.64 Å². The molecule has 2 aromatic carbocycles. The van der Waals surface area contributed by atoms with Crippen LogP contribution in [0.3, 0.4) is 0 Å². The maximum Gasteiger partial charge on any atom is 0.257 e. The van der Waals surface area contributed by atoms with Crippen molar-refractivity contribution in [2.45, 2.75) is 49.7 Å². The van der Waals surface area contributed by atoms with E-state index < -0.39 is 11.9 Å².